The number of halogens is 1. The number of carbonyl (C=O) groups is 1. The summed E-state index contributed by atoms with van der Waals surface area (Å²) in [5.41, 5.74) is 3.58. The van der Waals surface area contributed by atoms with Crippen LogP contribution in [0.1, 0.15) is 30.5 Å². The van der Waals surface area contributed by atoms with E-state index in [2.05, 4.69) is 20.3 Å². The van der Waals surface area contributed by atoms with Crippen LogP contribution in [-0.2, 0) is 16.8 Å². The van der Waals surface area contributed by atoms with Gasteiger partial charge in [-0.2, -0.15) is 10.2 Å². The van der Waals surface area contributed by atoms with E-state index in [9.17, 15) is 4.79 Å². The number of carboxylic acids is 1. The zero-order valence-corrected chi connectivity index (χ0v) is 14.1. The second kappa shape index (κ2) is 6.00. The first kappa shape index (κ1) is 15.8. The van der Waals surface area contributed by atoms with Gasteiger partial charge in [0, 0.05) is 29.1 Å². The molecular weight excluding hydrogens is 342 g/mol. The highest BCUT2D eigenvalue weighted by Gasteiger charge is 2.42. The third-order valence-corrected chi connectivity index (χ3v) is 5.03. The fourth-order valence-electron chi connectivity index (χ4n) is 3.34. The number of hydrogen-bond acceptors (Lipinski definition) is 4. The van der Waals surface area contributed by atoms with E-state index in [4.69, 9.17) is 16.7 Å². The Labute approximate surface area is 148 Å². The SMILES string of the molecule is O=C(O)Cn1cc(-c2cc(C3(c4ccc(Cl)nc4)CCC3)[nH]n2)cn1. The highest BCUT2D eigenvalue weighted by molar-refractivity contribution is 6.29. The molecule has 2 N–H and O–H groups in total. The summed E-state index contributed by atoms with van der Waals surface area (Å²) in [6, 6.07) is 5.83. The lowest BCUT2D eigenvalue weighted by molar-refractivity contribution is -0.137. The van der Waals surface area contributed by atoms with Crippen molar-refractivity contribution >= 4 is 17.6 Å². The van der Waals surface area contributed by atoms with Gasteiger partial charge in [-0.15, -0.1) is 0 Å². The molecule has 0 unspecified atom stereocenters. The molecule has 1 aliphatic carbocycles. The van der Waals surface area contributed by atoms with Gasteiger partial charge in [-0.3, -0.25) is 14.6 Å². The minimum atomic E-state index is -0.930. The molecular formula is C17H16ClN5O2. The normalized spacial score (nSPS) is 15.7. The Bertz CT molecular complexity index is 911. The first-order valence-corrected chi connectivity index (χ1v) is 8.37. The molecule has 3 heterocycles. The zero-order chi connectivity index (χ0) is 17.4. The smallest absolute Gasteiger partial charge is 0.325 e. The van der Waals surface area contributed by atoms with E-state index in [0.29, 0.717) is 5.15 Å². The Kier molecular flexibility index (Phi) is 3.80. The number of nitrogens with one attached hydrogen (secondary N) is 1. The number of aliphatic carboxylic acids is 1. The summed E-state index contributed by atoms with van der Waals surface area (Å²) >= 11 is 5.91. The number of H-pyrrole nitrogens is 1. The molecule has 0 atom stereocenters. The van der Waals surface area contributed by atoms with E-state index in [-0.39, 0.29) is 12.0 Å². The first-order valence-electron chi connectivity index (χ1n) is 7.99. The van der Waals surface area contributed by atoms with Gasteiger partial charge >= 0.3 is 5.97 Å². The highest BCUT2D eigenvalue weighted by atomic mass is 35.5. The molecule has 25 heavy (non-hydrogen) atoms. The Morgan fingerprint density at radius 2 is 2.20 bits per heavy atom. The third kappa shape index (κ3) is 2.80. The molecule has 0 bridgehead atoms. The van der Waals surface area contributed by atoms with Crippen LogP contribution in [0, 0.1) is 0 Å². The first-order chi connectivity index (χ1) is 12.1. The van der Waals surface area contributed by atoms with Gasteiger partial charge < -0.3 is 5.11 Å². The van der Waals surface area contributed by atoms with Crippen LogP contribution < -0.4 is 0 Å². The van der Waals surface area contributed by atoms with Crippen molar-refractivity contribution in [3.8, 4) is 11.3 Å². The topological polar surface area (TPSA) is 96.7 Å². The van der Waals surface area contributed by atoms with Crippen LogP contribution in [0.2, 0.25) is 5.15 Å². The van der Waals surface area contributed by atoms with Crippen LogP contribution >= 0.6 is 11.6 Å². The minimum Gasteiger partial charge on any atom is -0.480 e. The summed E-state index contributed by atoms with van der Waals surface area (Å²) in [4.78, 5) is 15.0. The van der Waals surface area contributed by atoms with E-state index < -0.39 is 5.97 Å². The molecule has 3 aromatic rings. The Hall–Kier alpha value is -2.67. The van der Waals surface area contributed by atoms with E-state index in [1.54, 1.807) is 12.4 Å². The second-order valence-electron chi connectivity index (χ2n) is 6.29. The van der Waals surface area contributed by atoms with Gasteiger partial charge in [-0.1, -0.05) is 24.1 Å². The average Bonchev–Trinajstić information content (AvgIpc) is 3.17. The van der Waals surface area contributed by atoms with Gasteiger partial charge in [-0.05, 0) is 30.5 Å². The van der Waals surface area contributed by atoms with E-state index >= 15 is 0 Å². The highest BCUT2D eigenvalue weighted by Crippen LogP contribution is 2.48. The van der Waals surface area contributed by atoms with E-state index in [1.807, 2.05) is 24.4 Å². The lowest BCUT2D eigenvalue weighted by atomic mass is 9.63. The molecule has 0 saturated heterocycles. The molecule has 1 aliphatic rings. The molecule has 1 fully saturated rings. The quantitative estimate of drug-likeness (QED) is 0.684. The number of hydrogen-bond donors (Lipinski definition) is 2. The molecule has 8 heteroatoms. The van der Waals surface area contributed by atoms with E-state index in [1.165, 1.54) is 4.68 Å². The number of pyridine rings is 1. The van der Waals surface area contributed by atoms with Crippen molar-refractivity contribution in [2.75, 3.05) is 0 Å². The number of rotatable bonds is 5. The van der Waals surface area contributed by atoms with Crippen LogP contribution in [0.4, 0.5) is 0 Å². The zero-order valence-electron chi connectivity index (χ0n) is 13.3. The lowest BCUT2D eigenvalue weighted by Crippen LogP contribution is -2.36. The van der Waals surface area contributed by atoms with Crippen molar-refractivity contribution in [3.63, 3.8) is 0 Å². The van der Waals surface area contributed by atoms with Gasteiger partial charge in [0.15, 0.2) is 0 Å². The molecule has 4 rings (SSSR count). The summed E-state index contributed by atoms with van der Waals surface area (Å²) in [5, 5.41) is 20.9. The van der Waals surface area contributed by atoms with Gasteiger partial charge in [0.2, 0.25) is 0 Å². The van der Waals surface area contributed by atoms with E-state index in [0.717, 1.165) is 41.8 Å². The fraction of sp³-hybridized carbons (Fsp3) is 0.294. The largest absolute Gasteiger partial charge is 0.480 e. The molecule has 1 saturated carbocycles. The summed E-state index contributed by atoms with van der Waals surface area (Å²) < 4.78 is 1.38. The Morgan fingerprint density at radius 3 is 2.84 bits per heavy atom. The van der Waals surface area contributed by atoms with Gasteiger partial charge in [-0.25, -0.2) is 4.98 Å². The van der Waals surface area contributed by atoms with Crippen molar-refractivity contribution < 1.29 is 9.90 Å². The van der Waals surface area contributed by atoms with Crippen molar-refractivity contribution in [1.29, 1.82) is 0 Å². The molecule has 0 spiro atoms. The maximum Gasteiger partial charge on any atom is 0.325 e. The third-order valence-electron chi connectivity index (χ3n) is 4.81. The molecule has 3 aromatic heterocycles. The predicted octanol–water partition coefficient (Wildman–Crippen LogP) is 2.88. The van der Waals surface area contributed by atoms with Crippen LogP contribution in [0.5, 0.6) is 0 Å². The van der Waals surface area contributed by atoms with Crippen LogP contribution in [0.3, 0.4) is 0 Å². The molecule has 0 amide bonds. The van der Waals surface area contributed by atoms with Crippen LogP contribution in [0.15, 0.2) is 36.8 Å². The molecule has 7 nitrogen and oxygen atoms in total. The Morgan fingerprint density at radius 1 is 1.36 bits per heavy atom. The molecule has 0 aromatic carbocycles. The van der Waals surface area contributed by atoms with Gasteiger partial charge in [0.05, 0.1) is 11.9 Å². The number of aromatic amines is 1. The molecule has 0 radical (unpaired) electrons. The molecule has 128 valence electrons. The van der Waals surface area contributed by atoms with Crippen molar-refractivity contribution in [2.24, 2.45) is 0 Å². The average molecular weight is 358 g/mol. The second-order valence-corrected chi connectivity index (χ2v) is 6.68. The van der Waals surface area contributed by atoms with Gasteiger partial charge in [0.25, 0.3) is 0 Å². The fourth-order valence-corrected chi connectivity index (χ4v) is 3.45. The van der Waals surface area contributed by atoms with Gasteiger partial charge in [0.1, 0.15) is 11.7 Å². The lowest BCUT2D eigenvalue weighted by Gasteiger charge is -2.41. The van der Waals surface area contributed by atoms with Crippen molar-refractivity contribution in [1.82, 2.24) is 25.0 Å². The number of nitrogens with zero attached hydrogens (tertiary/aromatic N) is 4. The Balaban J connectivity index is 1.64. The maximum absolute atomic E-state index is 10.8. The van der Waals surface area contributed by atoms with Crippen molar-refractivity contribution in [2.45, 2.75) is 31.2 Å². The summed E-state index contributed by atoms with van der Waals surface area (Å²) in [7, 11) is 0. The van der Waals surface area contributed by atoms with Crippen LogP contribution in [-0.4, -0.2) is 36.0 Å². The van der Waals surface area contributed by atoms with Crippen LogP contribution in [0.25, 0.3) is 11.3 Å². The summed E-state index contributed by atoms with van der Waals surface area (Å²) in [5.74, 6) is -0.930. The number of carboxylic acid groups (broad SMARTS) is 1. The molecule has 0 aliphatic heterocycles. The number of aromatic nitrogens is 5. The standard InChI is InChI=1S/C17H16ClN5O2/c18-15-3-2-12(8-19-15)17(4-1-5-17)14-6-13(21-22-14)11-7-20-23(9-11)10-16(24)25/h2-3,6-9H,1,4-5,10H2,(H,21,22)(H,24,25). The minimum absolute atomic E-state index is 0.111. The monoisotopic (exact) mass is 357 g/mol. The summed E-state index contributed by atoms with van der Waals surface area (Å²) in [6.07, 6.45) is 8.33. The van der Waals surface area contributed by atoms with Crippen molar-refractivity contribution in [3.05, 3.63) is 53.2 Å². The predicted molar refractivity (Wildman–Crippen MR) is 91.3 cm³/mol. The maximum atomic E-state index is 10.8. The summed E-state index contributed by atoms with van der Waals surface area (Å²) in [6.45, 7) is -0.169.